The summed E-state index contributed by atoms with van der Waals surface area (Å²) in [4.78, 5) is 13.4. The van der Waals surface area contributed by atoms with Crippen molar-refractivity contribution in [2.24, 2.45) is 0 Å². The SMILES string of the molecule is C=CC(=O)N1CCCC1Cn1cccn1. The molecule has 4 nitrogen and oxygen atoms in total. The maximum atomic E-state index is 11.5. The normalized spacial score (nSPS) is 20.5. The first-order chi connectivity index (χ1) is 7.31. The number of hydrogen-bond acceptors (Lipinski definition) is 2. The lowest BCUT2D eigenvalue weighted by Crippen LogP contribution is -2.37. The number of carbonyl (C=O) groups is 1. The Morgan fingerprint density at radius 1 is 1.67 bits per heavy atom. The van der Waals surface area contributed by atoms with Gasteiger partial charge in [0.25, 0.3) is 0 Å². The van der Waals surface area contributed by atoms with Crippen molar-refractivity contribution in [3.8, 4) is 0 Å². The van der Waals surface area contributed by atoms with Gasteiger partial charge in [-0.2, -0.15) is 5.10 Å². The lowest BCUT2D eigenvalue weighted by Gasteiger charge is -2.23. The number of carbonyl (C=O) groups excluding carboxylic acids is 1. The summed E-state index contributed by atoms with van der Waals surface area (Å²) < 4.78 is 1.87. The maximum Gasteiger partial charge on any atom is 0.246 e. The number of likely N-dealkylation sites (tertiary alicyclic amines) is 1. The van der Waals surface area contributed by atoms with Crippen LogP contribution in [0.3, 0.4) is 0 Å². The van der Waals surface area contributed by atoms with Gasteiger partial charge >= 0.3 is 0 Å². The molecule has 15 heavy (non-hydrogen) atoms. The van der Waals surface area contributed by atoms with Crippen molar-refractivity contribution in [3.05, 3.63) is 31.1 Å². The molecule has 1 aliphatic heterocycles. The van der Waals surface area contributed by atoms with Crippen LogP contribution >= 0.6 is 0 Å². The van der Waals surface area contributed by atoms with E-state index in [2.05, 4.69) is 11.7 Å². The highest BCUT2D eigenvalue weighted by Crippen LogP contribution is 2.18. The van der Waals surface area contributed by atoms with Crippen molar-refractivity contribution in [2.75, 3.05) is 6.54 Å². The third-order valence-corrected chi connectivity index (χ3v) is 2.79. The van der Waals surface area contributed by atoms with E-state index in [1.807, 2.05) is 21.8 Å². The molecule has 0 spiro atoms. The maximum absolute atomic E-state index is 11.5. The number of nitrogens with zero attached hydrogens (tertiary/aromatic N) is 3. The second kappa shape index (κ2) is 4.29. The summed E-state index contributed by atoms with van der Waals surface area (Å²) in [5, 5.41) is 4.15. The van der Waals surface area contributed by atoms with Crippen LogP contribution < -0.4 is 0 Å². The van der Waals surface area contributed by atoms with Crippen LogP contribution in [0.1, 0.15) is 12.8 Å². The molecule has 1 atom stereocenters. The van der Waals surface area contributed by atoms with Crippen LogP contribution in [0, 0.1) is 0 Å². The summed E-state index contributed by atoms with van der Waals surface area (Å²) in [6.45, 7) is 5.15. The molecule has 2 rings (SSSR count). The van der Waals surface area contributed by atoms with E-state index in [0.29, 0.717) is 0 Å². The molecule has 1 aliphatic rings. The first kappa shape index (κ1) is 9.96. The molecule has 2 heterocycles. The Morgan fingerprint density at radius 3 is 3.20 bits per heavy atom. The molecule has 1 fully saturated rings. The Kier molecular flexibility index (Phi) is 2.85. The molecule has 80 valence electrons. The summed E-state index contributed by atoms with van der Waals surface area (Å²) in [5.74, 6) is 0.0321. The topological polar surface area (TPSA) is 38.1 Å². The number of amides is 1. The third-order valence-electron chi connectivity index (χ3n) is 2.79. The van der Waals surface area contributed by atoms with Gasteiger partial charge in [0.05, 0.1) is 12.6 Å². The van der Waals surface area contributed by atoms with E-state index in [9.17, 15) is 4.79 Å². The van der Waals surface area contributed by atoms with Crippen LogP contribution in [0.2, 0.25) is 0 Å². The fraction of sp³-hybridized carbons (Fsp3) is 0.455. The van der Waals surface area contributed by atoms with E-state index in [1.165, 1.54) is 6.08 Å². The van der Waals surface area contributed by atoms with Gasteiger partial charge in [-0.25, -0.2) is 0 Å². The molecule has 0 bridgehead atoms. The van der Waals surface area contributed by atoms with E-state index < -0.39 is 0 Å². The first-order valence-corrected chi connectivity index (χ1v) is 5.21. The third kappa shape index (κ3) is 2.09. The van der Waals surface area contributed by atoms with Crippen LogP contribution in [0.25, 0.3) is 0 Å². The molecule has 0 aliphatic carbocycles. The highest BCUT2D eigenvalue weighted by Gasteiger charge is 2.27. The first-order valence-electron chi connectivity index (χ1n) is 5.21. The highest BCUT2D eigenvalue weighted by molar-refractivity contribution is 5.87. The molecule has 0 N–H and O–H groups in total. The van der Waals surface area contributed by atoms with Gasteiger partial charge in [0, 0.05) is 18.9 Å². The zero-order valence-corrected chi connectivity index (χ0v) is 8.67. The van der Waals surface area contributed by atoms with E-state index >= 15 is 0 Å². The molecular formula is C11H15N3O. The van der Waals surface area contributed by atoms with Crippen molar-refractivity contribution in [1.82, 2.24) is 14.7 Å². The minimum absolute atomic E-state index is 0.0321. The van der Waals surface area contributed by atoms with E-state index in [4.69, 9.17) is 0 Å². The summed E-state index contributed by atoms with van der Waals surface area (Å²) >= 11 is 0. The minimum atomic E-state index is 0.0321. The van der Waals surface area contributed by atoms with Crippen LogP contribution in [0.4, 0.5) is 0 Å². The minimum Gasteiger partial charge on any atom is -0.334 e. The lowest BCUT2D eigenvalue weighted by molar-refractivity contribution is -0.127. The monoisotopic (exact) mass is 205 g/mol. The van der Waals surface area contributed by atoms with E-state index in [-0.39, 0.29) is 11.9 Å². The average molecular weight is 205 g/mol. The van der Waals surface area contributed by atoms with Crippen molar-refractivity contribution >= 4 is 5.91 Å². The van der Waals surface area contributed by atoms with Crippen molar-refractivity contribution in [1.29, 1.82) is 0 Å². The second-order valence-electron chi connectivity index (χ2n) is 3.76. The molecule has 1 saturated heterocycles. The van der Waals surface area contributed by atoms with Crippen LogP contribution in [-0.2, 0) is 11.3 Å². The van der Waals surface area contributed by atoms with Gasteiger partial charge < -0.3 is 4.90 Å². The number of hydrogen-bond donors (Lipinski definition) is 0. The van der Waals surface area contributed by atoms with Crippen LogP contribution in [-0.4, -0.2) is 33.2 Å². The molecule has 0 saturated carbocycles. The fourth-order valence-electron chi connectivity index (χ4n) is 2.06. The van der Waals surface area contributed by atoms with Gasteiger partial charge in [0.15, 0.2) is 0 Å². The fourth-order valence-corrected chi connectivity index (χ4v) is 2.06. The standard InChI is InChI=1S/C11H15N3O/c1-2-11(15)14-8-3-5-10(14)9-13-7-4-6-12-13/h2,4,6-7,10H,1,3,5,8-9H2. The zero-order chi connectivity index (χ0) is 10.7. The van der Waals surface area contributed by atoms with Crippen molar-refractivity contribution in [2.45, 2.75) is 25.4 Å². The molecular weight excluding hydrogens is 190 g/mol. The summed E-state index contributed by atoms with van der Waals surface area (Å²) in [6.07, 6.45) is 7.20. The average Bonchev–Trinajstić information content (AvgIpc) is 2.88. The van der Waals surface area contributed by atoms with Crippen molar-refractivity contribution in [3.63, 3.8) is 0 Å². The van der Waals surface area contributed by atoms with Gasteiger partial charge in [-0.3, -0.25) is 9.48 Å². The Labute approximate surface area is 89.2 Å². The predicted octanol–water partition coefficient (Wildman–Crippen LogP) is 1.06. The highest BCUT2D eigenvalue weighted by atomic mass is 16.2. The van der Waals surface area contributed by atoms with E-state index in [0.717, 1.165) is 25.9 Å². The summed E-state index contributed by atoms with van der Waals surface area (Å²) in [5.41, 5.74) is 0. The van der Waals surface area contributed by atoms with Gasteiger partial charge in [-0.1, -0.05) is 6.58 Å². The predicted molar refractivity (Wildman–Crippen MR) is 57.2 cm³/mol. The Hall–Kier alpha value is -1.58. The summed E-state index contributed by atoms with van der Waals surface area (Å²) in [6, 6.07) is 2.17. The number of rotatable bonds is 3. The van der Waals surface area contributed by atoms with E-state index in [1.54, 1.807) is 6.20 Å². The molecule has 0 aromatic carbocycles. The molecule has 1 unspecified atom stereocenters. The second-order valence-corrected chi connectivity index (χ2v) is 3.76. The molecule has 4 heteroatoms. The smallest absolute Gasteiger partial charge is 0.246 e. The lowest BCUT2D eigenvalue weighted by atomic mass is 10.2. The Morgan fingerprint density at radius 2 is 2.53 bits per heavy atom. The molecule has 1 amide bonds. The van der Waals surface area contributed by atoms with Gasteiger partial charge in [0.1, 0.15) is 0 Å². The van der Waals surface area contributed by atoms with Gasteiger partial charge in [-0.15, -0.1) is 0 Å². The van der Waals surface area contributed by atoms with Gasteiger partial charge in [0.2, 0.25) is 5.91 Å². The summed E-state index contributed by atoms with van der Waals surface area (Å²) in [7, 11) is 0. The van der Waals surface area contributed by atoms with Gasteiger partial charge in [-0.05, 0) is 25.0 Å². The molecule has 0 radical (unpaired) electrons. The number of aromatic nitrogens is 2. The molecule has 1 aromatic rings. The molecule has 1 aromatic heterocycles. The van der Waals surface area contributed by atoms with Crippen LogP contribution in [0.15, 0.2) is 31.1 Å². The zero-order valence-electron chi connectivity index (χ0n) is 8.67. The Bertz CT molecular complexity index is 345. The Balaban J connectivity index is 2.02. The largest absolute Gasteiger partial charge is 0.334 e. The van der Waals surface area contributed by atoms with Crippen molar-refractivity contribution < 1.29 is 4.79 Å². The van der Waals surface area contributed by atoms with Crippen LogP contribution in [0.5, 0.6) is 0 Å². The quantitative estimate of drug-likeness (QED) is 0.692.